The lowest BCUT2D eigenvalue weighted by Gasteiger charge is -2.42. The molecule has 0 aliphatic carbocycles. The standard InChI is InChI=1S/C25H29N7O3S/c1-36(33,34)32-12-10-30(11-13-32)19-6-8-31(9-7-19)24-16-27-20-4-2-17(14-21(20)28-24)18-3-5-23-22(15-18)29-25(26)35-23/h2-5,14-16,19H,6-13H2,1H3,(H2,26,29). The van der Waals surface area contributed by atoms with E-state index in [1.807, 2.05) is 36.5 Å². The number of aromatic nitrogens is 3. The fourth-order valence-electron chi connectivity index (χ4n) is 5.32. The molecule has 0 radical (unpaired) electrons. The summed E-state index contributed by atoms with van der Waals surface area (Å²) in [4.78, 5) is 18.6. The van der Waals surface area contributed by atoms with E-state index in [-0.39, 0.29) is 6.01 Å². The molecule has 188 valence electrons. The van der Waals surface area contributed by atoms with Gasteiger partial charge in [0.2, 0.25) is 10.0 Å². The van der Waals surface area contributed by atoms with E-state index < -0.39 is 10.0 Å². The molecular weight excluding hydrogens is 478 g/mol. The van der Waals surface area contributed by atoms with Crippen molar-refractivity contribution in [2.24, 2.45) is 0 Å². The molecule has 0 amide bonds. The monoisotopic (exact) mass is 507 g/mol. The summed E-state index contributed by atoms with van der Waals surface area (Å²) in [6.45, 7) is 4.55. The van der Waals surface area contributed by atoms with Crippen molar-refractivity contribution < 1.29 is 12.8 Å². The highest BCUT2D eigenvalue weighted by molar-refractivity contribution is 7.88. The maximum absolute atomic E-state index is 11.8. The summed E-state index contributed by atoms with van der Waals surface area (Å²) in [5.41, 5.74) is 10.8. The lowest BCUT2D eigenvalue weighted by atomic mass is 10.0. The molecule has 2 aromatic carbocycles. The van der Waals surface area contributed by atoms with Crippen LogP contribution in [0.25, 0.3) is 33.3 Å². The van der Waals surface area contributed by atoms with Crippen LogP contribution in [0.5, 0.6) is 0 Å². The number of rotatable bonds is 4. The van der Waals surface area contributed by atoms with E-state index in [1.54, 1.807) is 4.31 Å². The van der Waals surface area contributed by atoms with Crippen molar-refractivity contribution in [2.45, 2.75) is 18.9 Å². The van der Waals surface area contributed by atoms with Gasteiger partial charge < -0.3 is 15.1 Å². The maximum Gasteiger partial charge on any atom is 0.292 e. The SMILES string of the molecule is CS(=O)(=O)N1CCN(C2CCN(c3cnc4ccc(-c5ccc6oc(N)nc6c5)cc4n3)CC2)CC1. The molecule has 10 nitrogen and oxygen atoms in total. The maximum atomic E-state index is 11.8. The van der Waals surface area contributed by atoms with Crippen LogP contribution in [0.2, 0.25) is 0 Å². The van der Waals surface area contributed by atoms with Crippen LogP contribution in [0.4, 0.5) is 11.8 Å². The Bertz CT molecular complexity index is 1520. The predicted molar refractivity (Wildman–Crippen MR) is 140 cm³/mol. The van der Waals surface area contributed by atoms with E-state index in [9.17, 15) is 8.42 Å². The summed E-state index contributed by atoms with van der Waals surface area (Å²) >= 11 is 0. The number of nitrogens with two attached hydrogens (primary N) is 1. The first-order valence-corrected chi connectivity index (χ1v) is 14.1. The van der Waals surface area contributed by atoms with E-state index >= 15 is 0 Å². The van der Waals surface area contributed by atoms with Crippen molar-refractivity contribution in [1.82, 2.24) is 24.2 Å². The minimum absolute atomic E-state index is 0.163. The molecule has 2 aromatic heterocycles. The largest absolute Gasteiger partial charge is 0.424 e. The summed E-state index contributed by atoms with van der Waals surface area (Å²) in [5.74, 6) is 0.889. The van der Waals surface area contributed by atoms with E-state index in [0.29, 0.717) is 24.7 Å². The molecule has 36 heavy (non-hydrogen) atoms. The molecule has 2 aliphatic heterocycles. The Morgan fingerprint density at radius 3 is 2.31 bits per heavy atom. The second-order valence-electron chi connectivity index (χ2n) is 9.58. The van der Waals surface area contributed by atoms with Crippen LogP contribution in [0.1, 0.15) is 12.8 Å². The Labute approximate surface area is 209 Å². The minimum Gasteiger partial charge on any atom is -0.424 e. The number of oxazole rings is 1. The number of hydrogen-bond acceptors (Lipinski definition) is 9. The van der Waals surface area contributed by atoms with Crippen LogP contribution >= 0.6 is 0 Å². The Morgan fingerprint density at radius 2 is 1.58 bits per heavy atom. The second-order valence-corrected chi connectivity index (χ2v) is 11.6. The first-order valence-electron chi connectivity index (χ1n) is 12.2. The van der Waals surface area contributed by atoms with Gasteiger partial charge in [-0.25, -0.2) is 13.4 Å². The number of fused-ring (bicyclic) bond motifs is 2. The average Bonchev–Trinajstić information content (AvgIpc) is 3.27. The smallest absolute Gasteiger partial charge is 0.292 e. The van der Waals surface area contributed by atoms with Crippen molar-refractivity contribution in [3.05, 3.63) is 42.6 Å². The van der Waals surface area contributed by atoms with Crippen molar-refractivity contribution in [1.29, 1.82) is 0 Å². The number of sulfonamides is 1. The zero-order chi connectivity index (χ0) is 24.9. The summed E-state index contributed by atoms with van der Waals surface area (Å²) in [5, 5.41) is 0. The molecule has 0 spiro atoms. The normalized spacial score (nSPS) is 18.9. The van der Waals surface area contributed by atoms with Crippen molar-refractivity contribution in [3.8, 4) is 11.1 Å². The first-order chi connectivity index (χ1) is 17.3. The number of piperidine rings is 1. The summed E-state index contributed by atoms with van der Waals surface area (Å²) < 4.78 is 30.6. The van der Waals surface area contributed by atoms with Gasteiger partial charge in [-0.1, -0.05) is 12.1 Å². The highest BCUT2D eigenvalue weighted by Crippen LogP contribution is 2.29. The Balaban J connectivity index is 1.15. The van der Waals surface area contributed by atoms with Crippen LogP contribution < -0.4 is 10.6 Å². The van der Waals surface area contributed by atoms with Gasteiger partial charge in [0.15, 0.2) is 5.58 Å². The average molecular weight is 508 g/mol. The number of nitrogens with zero attached hydrogens (tertiary/aromatic N) is 6. The third kappa shape index (κ3) is 4.49. The fourth-order valence-corrected chi connectivity index (χ4v) is 6.15. The topological polar surface area (TPSA) is 122 Å². The van der Waals surface area contributed by atoms with Crippen LogP contribution in [-0.2, 0) is 10.0 Å². The summed E-state index contributed by atoms with van der Waals surface area (Å²) in [6, 6.07) is 12.6. The minimum atomic E-state index is -3.10. The molecule has 2 saturated heterocycles. The predicted octanol–water partition coefficient (Wildman–Crippen LogP) is 2.57. The molecule has 0 saturated carbocycles. The van der Waals surface area contributed by atoms with Gasteiger partial charge in [-0.05, 0) is 48.2 Å². The highest BCUT2D eigenvalue weighted by atomic mass is 32.2. The summed E-state index contributed by atoms with van der Waals surface area (Å²) in [6.07, 6.45) is 5.20. The van der Waals surface area contributed by atoms with E-state index in [0.717, 1.165) is 72.5 Å². The third-order valence-electron chi connectivity index (χ3n) is 7.31. The van der Waals surface area contributed by atoms with Gasteiger partial charge in [-0.2, -0.15) is 9.29 Å². The highest BCUT2D eigenvalue weighted by Gasteiger charge is 2.30. The Morgan fingerprint density at radius 1 is 0.889 bits per heavy atom. The van der Waals surface area contributed by atoms with Gasteiger partial charge >= 0.3 is 0 Å². The Kier molecular flexibility index (Phi) is 5.78. The fraction of sp³-hybridized carbons (Fsp3) is 0.400. The molecule has 6 rings (SSSR count). The molecule has 2 N–H and O–H groups in total. The zero-order valence-electron chi connectivity index (χ0n) is 20.2. The van der Waals surface area contributed by atoms with Crippen molar-refractivity contribution >= 4 is 44.0 Å². The first kappa shape index (κ1) is 23.1. The van der Waals surface area contributed by atoms with Crippen LogP contribution in [-0.4, -0.2) is 84.1 Å². The number of benzene rings is 2. The number of anilines is 2. The molecule has 2 fully saturated rings. The molecule has 2 aliphatic rings. The number of nitrogen functional groups attached to an aromatic ring is 1. The van der Waals surface area contributed by atoms with Crippen molar-refractivity contribution in [3.63, 3.8) is 0 Å². The summed E-state index contributed by atoms with van der Waals surface area (Å²) in [7, 11) is -3.10. The number of hydrogen-bond donors (Lipinski definition) is 1. The second kappa shape index (κ2) is 8.99. The van der Waals surface area contributed by atoms with Gasteiger partial charge in [0.25, 0.3) is 6.01 Å². The van der Waals surface area contributed by atoms with Crippen LogP contribution in [0.15, 0.2) is 47.0 Å². The van der Waals surface area contributed by atoms with Crippen molar-refractivity contribution in [2.75, 3.05) is 56.2 Å². The quantitative estimate of drug-likeness (QED) is 0.444. The lowest BCUT2D eigenvalue weighted by molar-refractivity contribution is 0.120. The molecule has 0 unspecified atom stereocenters. The van der Waals surface area contributed by atoms with Crippen LogP contribution in [0, 0.1) is 0 Å². The van der Waals surface area contributed by atoms with E-state index in [1.165, 1.54) is 6.26 Å². The lowest BCUT2D eigenvalue weighted by Crippen LogP contribution is -2.54. The van der Waals surface area contributed by atoms with Gasteiger partial charge in [0.05, 0.1) is 23.5 Å². The number of piperazine rings is 1. The van der Waals surface area contributed by atoms with Gasteiger partial charge in [-0.3, -0.25) is 9.88 Å². The molecular formula is C25H29N7O3S. The molecule has 11 heteroatoms. The van der Waals surface area contributed by atoms with Gasteiger partial charge in [0.1, 0.15) is 11.3 Å². The molecule has 0 atom stereocenters. The van der Waals surface area contributed by atoms with E-state index in [2.05, 4.69) is 25.8 Å². The van der Waals surface area contributed by atoms with E-state index in [4.69, 9.17) is 15.1 Å². The third-order valence-corrected chi connectivity index (χ3v) is 8.62. The molecule has 4 aromatic rings. The Hall–Kier alpha value is -3.28. The molecule has 4 heterocycles. The molecule has 0 bridgehead atoms. The van der Waals surface area contributed by atoms with Crippen LogP contribution in [0.3, 0.4) is 0 Å². The van der Waals surface area contributed by atoms with Gasteiger partial charge in [0, 0.05) is 45.3 Å². The van der Waals surface area contributed by atoms with Gasteiger partial charge in [-0.15, -0.1) is 0 Å². The zero-order valence-corrected chi connectivity index (χ0v) is 21.0.